The Bertz CT molecular complexity index is 1110. The molecule has 0 aliphatic rings. The highest BCUT2D eigenvalue weighted by Crippen LogP contribution is 2.27. The molecule has 0 radical (unpaired) electrons. The van der Waals surface area contributed by atoms with Crippen LogP contribution in [0.5, 0.6) is 0 Å². The number of para-hydroxylation sites is 1. The number of hydrogen-bond donors (Lipinski definition) is 2. The molecular formula is C19H14N6. The first kappa shape index (κ1) is 14.8. The van der Waals surface area contributed by atoms with Crippen LogP contribution in [-0.2, 0) is 0 Å². The van der Waals surface area contributed by atoms with Gasteiger partial charge < -0.3 is 5.32 Å². The summed E-state index contributed by atoms with van der Waals surface area (Å²) in [6, 6.07) is 19.1. The third kappa shape index (κ3) is 2.91. The lowest BCUT2D eigenvalue weighted by atomic mass is 10.1. The minimum absolute atomic E-state index is 0.564. The lowest BCUT2D eigenvalue weighted by Crippen LogP contribution is -1.99. The number of rotatable bonds is 3. The predicted octanol–water partition coefficient (Wildman–Crippen LogP) is 3.94. The van der Waals surface area contributed by atoms with Crippen molar-refractivity contribution in [3.05, 3.63) is 65.9 Å². The van der Waals surface area contributed by atoms with Gasteiger partial charge in [0, 0.05) is 17.0 Å². The Labute approximate surface area is 144 Å². The lowest BCUT2D eigenvalue weighted by molar-refractivity contribution is 1.05. The molecule has 0 fully saturated rings. The fourth-order valence-corrected chi connectivity index (χ4v) is 2.64. The van der Waals surface area contributed by atoms with Gasteiger partial charge in [-0.05, 0) is 31.2 Å². The summed E-state index contributed by atoms with van der Waals surface area (Å²) in [6.45, 7) is 1.92. The van der Waals surface area contributed by atoms with E-state index >= 15 is 0 Å². The second-order valence-corrected chi connectivity index (χ2v) is 5.65. The number of aryl methyl sites for hydroxylation is 1. The molecule has 0 bridgehead atoms. The number of hydrogen-bond acceptors (Lipinski definition) is 5. The molecule has 2 heterocycles. The minimum atomic E-state index is 0.564. The largest absolute Gasteiger partial charge is 0.325 e. The third-order valence-electron chi connectivity index (χ3n) is 3.81. The molecule has 4 aromatic rings. The SMILES string of the molecule is Cc1cc(Nc2nc(-c3cccc(C#N)c3)nc3ccccc23)[nH]n1. The number of nitriles is 1. The highest BCUT2D eigenvalue weighted by molar-refractivity contribution is 5.92. The summed E-state index contributed by atoms with van der Waals surface area (Å²) in [7, 11) is 0. The van der Waals surface area contributed by atoms with Crippen LogP contribution in [0, 0.1) is 18.3 Å². The van der Waals surface area contributed by atoms with Gasteiger partial charge in [0.25, 0.3) is 0 Å². The molecule has 2 aromatic heterocycles. The highest BCUT2D eigenvalue weighted by Gasteiger charge is 2.11. The third-order valence-corrected chi connectivity index (χ3v) is 3.81. The zero-order valence-corrected chi connectivity index (χ0v) is 13.5. The Morgan fingerprint density at radius 2 is 1.92 bits per heavy atom. The molecule has 6 heteroatoms. The molecule has 0 amide bonds. The van der Waals surface area contributed by atoms with Crippen molar-refractivity contribution in [2.75, 3.05) is 5.32 Å². The van der Waals surface area contributed by atoms with Crippen LogP contribution in [-0.4, -0.2) is 20.2 Å². The molecule has 120 valence electrons. The molecule has 25 heavy (non-hydrogen) atoms. The number of fused-ring (bicyclic) bond motifs is 1. The number of H-pyrrole nitrogens is 1. The maximum absolute atomic E-state index is 9.12. The molecule has 0 saturated heterocycles. The number of nitrogens with zero attached hydrogens (tertiary/aromatic N) is 4. The van der Waals surface area contributed by atoms with Gasteiger partial charge in [0.1, 0.15) is 11.6 Å². The van der Waals surface area contributed by atoms with Crippen molar-refractivity contribution in [2.24, 2.45) is 0 Å². The summed E-state index contributed by atoms with van der Waals surface area (Å²) in [4.78, 5) is 9.31. The van der Waals surface area contributed by atoms with Gasteiger partial charge in [0.15, 0.2) is 5.82 Å². The van der Waals surface area contributed by atoms with Crippen molar-refractivity contribution in [2.45, 2.75) is 6.92 Å². The van der Waals surface area contributed by atoms with Gasteiger partial charge >= 0.3 is 0 Å². The Morgan fingerprint density at radius 3 is 2.72 bits per heavy atom. The van der Waals surface area contributed by atoms with Gasteiger partial charge in [-0.25, -0.2) is 9.97 Å². The predicted molar refractivity (Wildman–Crippen MR) is 96.3 cm³/mol. The van der Waals surface area contributed by atoms with E-state index in [4.69, 9.17) is 5.26 Å². The molecule has 0 saturated carbocycles. The van der Waals surface area contributed by atoms with E-state index in [1.807, 2.05) is 49.4 Å². The Hall–Kier alpha value is -3.72. The summed E-state index contributed by atoms with van der Waals surface area (Å²) in [5.41, 5.74) is 3.10. The van der Waals surface area contributed by atoms with Crippen molar-refractivity contribution in [1.82, 2.24) is 20.2 Å². The average molecular weight is 326 g/mol. The number of aromatic nitrogens is 4. The zero-order valence-electron chi connectivity index (χ0n) is 13.5. The standard InChI is InChI=1S/C19H14N6/c1-12-9-17(25-24-12)22-19-15-7-2-3-8-16(15)21-18(23-19)14-6-4-5-13(10-14)11-20/h2-10H,1H3,(H2,21,22,23,24,25). The van der Waals surface area contributed by atoms with Crippen molar-refractivity contribution in [1.29, 1.82) is 5.26 Å². The monoisotopic (exact) mass is 326 g/mol. The van der Waals surface area contributed by atoms with E-state index in [-0.39, 0.29) is 0 Å². The van der Waals surface area contributed by atoms with E-state index in [2.05, 4.69) is 31.6 Å². The number of aromatic amines is 1. The summed E-state index contributed by atoms with van der Waals surface area (Å²) in [5.74, 6) is 2.01. The molecule has 0 unspecified atom stereocenters. The van der Waals surface area contributed by atoms with Gasteiger partial charge in [-0.1, -0.05) is 24.3 Å². The van der Waals surface area contributed by atoms with Gasteiger partial charge in [0.05, 0.1) is 22.8 Å². The molecule has 0 aliphatic carbocycles. The van der Waals surface area contributed by atoms with Gasteiger partial charge in [-0.3, -0.25) is 5.10 Å². The molecule has 0 atom stereocenters. The molecule has 6 nitrogen and oxygen atoms in total. The summed E-state index contributed by atoms with van der Waals surface area (Å²) < 4.78 is 0. The second-order valence-electron chi connectivity index (χ2n) is 5.65. The summed E-state index contributed by atoms with van der Waals surface area (Å²) in [6.07, 6.45) is 0. The summed E-state index contributed by atoms with van der Waals surface area (Å²) in [5, 5.41) is 20.4. The number of anilines is 2. The molecule has 2 N–H and O–H groups in total. The number of benzene rings is 2. The topological polar surface area (TPSA) is 90.3 Å². The molecular weight excluding hydrogens is 312 g/mol. The lowest BCUT2D eigenvalue weighted by Gasteiger charge is -2.10. The number of nitrogens with one attached hydrogen (secondary N) is 2. The van der Waals surface area contributed by atoms with Gasteiger partial charge in [-0.2, -0.15) is 10.4 Å². The first-order chi connectivity index (χ1) is 12.2. The molecule has 4 rings (SSSR count). The quantitative estimate of drug-likeness (QED) is 0.595. The Morgan fingerprint density at radius 1 is 1.04 bits per heavy atom. The van der Waals surface area contributed by atoms with Crippen LogP contribution in [0.1, 0.15) is 11.3 Å². The van der Waals surface area contributed by atoms with Crippen LogP contribution in [0.3, 0.4) is 0 Å². The maximum Gasteiger partial charge on any atom is 0.162 e. The second kappa shape index (κ2) is 6.06. The van der Waals surface area contributed by atoms with Gasteiger partial charge in [-0.15, -0.1) is 0 Å². The zero-order chi connectivity index (χ0) is 17.2. The van der Waals surface area contributed by atoms with Crippen molar-refractivity contribution in [3.8, 4) is 17.5 Å². The smallest absolute Gasteiger partial charge is 0.162 e. The van der Waals surface area contributed by atoms with Crippen LogP contribution < -0.4 is 5.32 Å². The summed E-state index contributed by atoms with van der Waals surface area (Å²) >= 11 is 0. The van der Waals surface area contributed by atoms with Crippen molar-refractivity contribution >= 4 is 22.5 Å². The maximum atomic E-state index is 9.12. The Kier molecular flexibility index (Phi) is 3.60. The molecule has 0 spiro atoms. The molecule has 0 aliphatic heterocycles. The first-order valence-electron chi connectivity index (χ1n) is 7.79. The van der Waals surface area contributed by atoms with Crippen molar-refractivity contribution in [3.63, 3.8) is 0 Å². The van der Waals surface area contributed by atoms with E-state index in [9.17, 15) is 0 Å². The first-order valence-corrected chi connectivity index (χ1v) is 7.79. The van der Waals surface area contributed by atoms with E-state index in [1.165, 1.54) is 0 Å². The van der Waals surface area contributed by atoms with E-state index < -0.39 is 0 Å². The van der Waals surface area contributed by atoms with Crippen LogP contribution >= 0.6 is 0 Å². The normalized spacial score (nSPS) is 10.6. The van der Waals surface area contributed by atoms with E-state index in [0.29, 0.717) is 17.2 Å². The van der Waals surface area contributed by atoms with Crippen LogP contribution in [0.15, 0.2) is 54.6 Å². The van der Waals surface area contributed by atoms with E-state index in [0.717, 1.165) is 28.0 Å². The van der Waals surface area contributed by atoms with E-state index in [1.54, 1.807) is 12.1 Å². The van der Waals surface area contributed by atoms with Gasteiger partial charge in [0.2, 0.25) is 0 Å². The fourth-order valence-electron chi connectivity index (χ4n) is 2.64. The van der Waals surface area contributed by atoms with Crippen molar-refractivity contribution < 1.29 is 0 Å². The highest BCUT2D eigenvalue weighted by atomic mass is 15.2. The Balaban J connectivity index is 1.87. The van der Waals surface area contributed by atoms with Crippen LogP contribution in [0.25, 0.3) is 22.3 Å². The molecule has 2 aromatic carbocycles. The minimum Gasteiger partial charge on any atom is -0.325 e. The van der Waals surface area contributed by atoms with Crippen LogP contribution in [0.2, 0.25) is 0 Å². The fraction of sp³-hybridized carbons (Fsp3) is 0.0526. The van der Waals surface area contributed by atoms with Crippen LogP contribution in [0.4, 0.5) is 11.6 Å². The average Bonchev–Trinajstić information content (AvgIpc) is 3.06.